The summed E-state index contributed by atoms with van der Waals surface area (Å²) in [6.07, 6.45) is 12.9. The first kappa shape index (κ1) is 34.7. The van der Waals surface area contributed by atoms with Crippen LogP contribution in [0.2, 0.25) is 0 Å². The molecule has 0 saturated heterocycles. The van der Waals surface area contributed by atoms with Crippen molar-refractivity contribution in [1.82, 2.24) is 0 Å². The number of aliphatic hydroxyl groups excluding tert-OH is 1. The van der Waals surface area contributed by atoms with E-state index in [2.05, 4.69) is 61.5 Å². The van der Waals surface area contributed by atoms with E-state index in [0.29, 0.717) is 11.3 Å². The standard InChI is InChI=1S/C40H58O6/c1-26(2)12-11-13-27(3)29-18-22-40(8)31-16-17-33-37(4,5)34(20-21-38(33,6)30(31)19-23-39(29,40)7)46-35(42)28-14-9-10-15-32(28)45-36(43)44-25-24-41/h9-10,12,14-15,27,29,33-34,41H,11,13,16-25H2,1-8H3/t27-,29-,33+,34+,38-,39-,40+/m1/s1. The topological polar surface area (TPSA) is 82.1 Å². The summed E-state index contributed by atoms with van der Waals surface area (Å²) in [5.41, 5.74) is 5.65. The molecule has 6 heteroatoms. The molecule has 1 aromatic rings. The average molecular weight is 635 g/mol. The van der Waals surface area contributed by atoms with Crippen molar-refractivity contribution in [2.75, 3.05) is 13.2 Å². The molecule has 0 aromatic heterocycles. The Morgan fingerprint density at radius 1 is 0.978 bits per heavy atom. The summed E-state index contributed by atoms with van der Waals surface area (Å²) < 4.78 is 16.4. The van der Waals surface area contributed by atoms with E-state index < -0.39 is 12.1 Å². The van der Waals surface area contributed by atoms with Gasteiger partial charge >= 0.3 is 12.1 Å². The molecule has 4 aliphatic rings. The van der Waals surface area contributed by atoms with Gasteiger partial charge in [0.1, 0.15) is 24.0 Å². The number of hydrogen-bond acceptors (Lipinski definition) is 6. The van der Waals surface area contributed by atoms with Crippen LogP contribution in [0.25, 0.3) is 0 Å². The van der Waals surface area contributed by atoms with E-state index in [1.807, 2.05) is 0 Å². The second-order valence-electron chi connectivity index (χ2n) is 16.4. The van der Waals surface area contributed by atoms with Crippen LogP contribution in [0.4, 0.5) is 4.79 Å². The Bertz CT molecular complexity index is 1370. The zero-order chi connectivity index (χ0) is 33.5. The Hall–Kier alpha value is -2.60. The number of carbonyl (C=O) groups is 2. The highest BCUT2D eigenvalue weighted by Gasteiger charge is 2.63. The molecule has 7 atom stereocenters. The van der Waals surface area contributed by atoms with E-state index >= 15 is 0 Å². The van der Waals surface area contributed by atoms with Crippen LogP contribution in [0.5, 0.6) is 5.75 Å². The highest BCUT2D eigenvalue weighted by Crippen LogP contribution is 2.72. The molecule has 254 valence electrons. The van der Waals surface area contributed by atoms with Crippen LogP contribution < -0.4 is 4.74 Å². The number of benzene rings is 1. The second kappa shape index (κ2) is 13.1. The zero-order valence-corrected chi connectivity index (χ0v) is 29.7. The van der Waals surface area contributed by atoms with E-state index in [4.69, 9.17) is 19.3 Å². The van der Waals surface area contributed by atoms with Crippen molar-refractivity contribution in [3.63, 3.8) is 0 Å². The molecule has 46 heavy (non-hydrogen) atoms. The van der Waals surface area contributed by atoms with Crippen LogP contribution >= 0.6 is 0 Å². The lowest BCUT2D eigenvalue weighted by molar-refractivity contribution is -0.104. The minimum absolute atomic E-state index is 0.0981. The maximum absolute atomic E-state index is 13.6. The molecule has 5 rings (SSSR count). The van der Waals surface area contributed by atoms with E-state index in [9.17, 15) is 9.59 Å². The highest BCUT2D eigenvalue weighted by atomic mass is 16.7. The van der Waals surface area contributed by atoms with Gasteiger partial charge in [-0.3, -0.25) is 0 Å². The van der Waals surface area contributed by atoms with Crippen molar-refractivity contribution < 1.29 is 28.9 Å². The SMILES string of the molecule is CC(C)=CCC[C@@H](C)[C@H]1CC[C@@]2(C)C3=C(CC[C@]12C)[C@@]1(C)CC[C@H](OC(=O)c2ccccc2OC(=O)OCCO)C(C)(C)[C@@H]1CC3. The van der Waals surface area contributed by atoms with Gasteiger partial charge in [-0.25, -0.2) is 9.59 Å². The molecule has 0 amide bonds. The van der Waals surface area contributed by atoms with Crippen LogP contribution in [0.3, 0.4) is 0 Å². The molecule has 0 heterocycles. The quantitative estimate of drug-likeness (QED) is 0.165. The van der Waals surface area contributed by atoms with Gasteiger partial charge in [-0.1, -0.05) is 76.5 Å². The van der Waals surface area contributed by atoms with Crippen LogP contribution in [-0.4, -0.2) is 36.5 Å². The number of hydrogen-bond donors (Lipinski definition) is 1. The fourth-order valence-corrected chi connectivity index (χ4v) is 10.8. The first-order valence-corrected chi connectivity index (χ1v) is 17.8. The summed E-state index contributed by atoms with van der Waals surface area (Å²) in [6, 6.07) is 6.60. The number of para-hydroxylation sites is 1. The maximum atomic E-state index is 13.6. The molecule has 0 spiro atoms. The summed E-state index contributed by atoms with van der Waals surface area (Å²) in [5.74, 6) is 1.54. The molecular weight excluding hydrogens is 576 g/mol. The Balaban J connectivity index is 1.34. The Morgan fingerprint density at radius 2 is 1.72 bits per heavy atom. The number of fused-ring (bicyclic) bond motifs is 4. The average Bonchev–Trinajstić information content (AvgIpc) is 3.28. The predicted molar refractivity (Wildman–Crippen MR) is 182 cm³/mol. The van der Waals surface area contributed by atoms with Crippen molar-refractivity contribution in [1.29, 1.82) is 0 Å². The number of rotatable bonds is 9. The number of esters is 1. The van der Waals surface area contributed by atoms with Crippen molar-refractivity contribution in [3.05, 3.63) is 52.6 Å². The molecule has 1 aromatic carbocycles. The van der Waals surface area contributed by atoms with Gasteiger partial charge in [0.2, 0.25) is 0 Å². The van der Waals surface area contributed by atoms with Crippen LogP contribution in [0.1, 0.15) is 130 Å². The third kappa shape index (κ3) is 5.97. The lowest BCUT2D eigenvalue weighted by atomic mass is 9.43. The molecule has 0 bridgehead atoms. The van der Waals surface area contributed by atoms with Gasteiger partial charge in [-0.2, -0.15) is 0 Å². The van der Waals surface area contributed by atoms with Gasteiger partial charge < -0.3 is 19.3 Å². The van der Waals surface area contributed by atoms with Crippen LogP contribution in [0, 0.1) is 39.4 Å². The van der Waals surface area contributed by atoms with E-state index in [1.54, 1.807) is 35.4 Å². The first-order chi connectivity index (χ1) is 21.7. The Morgan fingerprint density at radius 3 is 2.43 bits per heavy atom. The molecule has 4 aliphatic carbocycles. The van der Waals surface area contributed by atoms with Crippen molar-refractivity contribution >= 4 is 12.1 Å². The monoisotopic (exact) mass is 634 g/mol. The minimum Gasteiger partial charge on any atom is -0.458 e. The third-order valence-corrected chi connectivity index (χ3v) is 13.5. The van der Waals surface area contributed by atoms with Gasteiger partial charge in [-0.05, 0) is 124 Å². The highest BCUT2D eigenvalue weighted by molar-refractivity contribution is 5.93. The predicted octanol–water partition coefficient (Wildman–Crippen LogP) is 9.85. The summed E-state index contributed by atoms with van der Waals surface area (Å²) in [5, 5.41) is 8.94. The molecule has 0 aliphatic heterocycles. The van der Waals surface area contributed by atoms with Gasteiger partial charge in [0.15, 0.2) is 0 Å². The van der Waals surface area contributed by atoms with Gasteiger partial charge in [0, 0.05) is 5.41 Å². The zero-order valence-electron chi connectivity index (χ0n) is 29.7. The molecule has 6 nitrogen and oxygen atoms in total. The lowest BCUT2D eigenvalue weighted by Gasteiger charge is -2.62. The van der Waals surface area contributed by atoms with E-state index in [-0.39, 0.29) is 46.9 Å². The van der Waals surface area contributed by atoms with Crippen LogP contribution in [0.15, 0.2) is 47.1 Å². The third-order valence-electron chi connectivity index (χ3n) is 13.5. The van der Waals surface area contributed by atoms with Gasteiger partial charge in [0.05, 0.1) is 6.61 Å². The van der Waals surface area contributed by atoms with Crippen molar-refractivity contribution in [2.45, 2.75) is 126 Å². The van der Waals surface area contributed by atoms with Crippen molar-refractivity contribution in [3.8, 4) is 5.75 Å². The molecule has 2 saturated carbocycles. The number of carbonyl (C=O) groups excluding carboxylic acids is 2. The largest absolute Gasteiger partial charge is 0.513 e. The maximum Gasteiger partial charge on any atom is 0.513 e. The Labute approximate surface area is 277 Å². The Kier molecular flexibility index (Phi) is 9.91. The molecule has 2 fully saturated rings. The first-order valence-electron chi connectivity index (χ1n) is 17.8. The van der Waals surface area contributed by atoms with Crippen molar-refractivity contribution in [2.24, 2.45) is 39.4 Å². The molecular formula is C40H58O6. The normalized spacial score (nSPS) is 33.6. The second-order valence-corrected chi connectivity index (χ2v) is 16.4. The van der Waals surface area contributed by atoms with Gasteiger partial charge in [0.25, 0.3) is 0 Å². The van der Waals surface area contributed by atoms with Gasteiger partial charge in [-0.15, -0.1) is 0 Å². The summed E-state index contributed by atoms with van der Waals surface area (Å²) in [6.45, 7) is 18.8. The van der Waals surface area contributed by atoms with E-state index in [1.165, 1.54) is 44.1 Å². The van der Waals surface area contributed by atoms with E-state index in [0.717, 1.165) is 37.5 Å². The molecule has 1 N–H and O–H groups in total. The molecule has 0 unspecified atom stereocenters. The minimum atomic E-state index is -0.960. The lowest BCUT2D eigenvalue weighted by Crippen LogP contribution is -2.55. The fraction of sp³-hybridized carbons (Fsp3) is 0.700. The molecule has 0 radical (unpaired) electrons. The number of allylic oxidation sites excluding steroid dienone is 4. The van der Waals surface area contributed by atoms with Crippen LogP contribution in [-0.2, 0) is 9.47 Å². The smallest absolute Gasteiger partial charge is 0.458 e. The summed E-state index contributed by atoms with van der Waals surface area (Å²) in [4.78, 5) is 25.6. The summed E-state index contributed by atoms with van der Waals surface area (Å²) in [7, 11) is 0. The summed E-state index contributed by atoms with van der Waals surface area (Å²) >= 11 is 0. The number of aliphatic hydroxyl groups is 1. The number of ether oxygens (including phenoxy) is 3. The fourth-order valence-electron chi connectivity index (χ4n) is 10.8.